The Morgan fingerprint density at radius 2 is 2.04 bits per heavy atom. The van der Waals surface area contributed by atoms with Gasteiger partial charge in [0.15, 0.2) is 0 Å². The molecule has 2 fully saturated rings. The second-order valence-electron chi connectivity index (χ2n) is 7.72. The Kier molecular flexibility index (Phi) is 4.81. The van der Waals surface area contributed by atoms with Crippen LogP contribution in [0.3, 0.4) is 0 Å². The van der Waals surface area contributed by atoms with Gasteiger partial charge in [0.1, 0.15) is 11.5 Å². The number of esters is 1. The van der Waals surface area contributed by atoms with Crippen molar-refractivity contribution in [3.05, 3.63) is 42.0 Å². The summed E-state index contributed by atoms with van der Waals surface area (Å²) in [7, 11) is 0. The molecule has 3 aliphatic heterocycles. The standard InChI is InChI=1S/C22H27NO4/c1-3-5-6-13-26-21(25)18-17-11-12-22(27-17)14-23(20(24)19(18)22)16-9-7-15(4-2)8-10-16/h7-12,17-19H,3-6,13-14H2,1-2H3/t17-,18-,19-,22+/m1/s1. The molecule has 0 radical (unpaired) electrons. The van der Waals surface area contributed by atoms with Gasteiger partial charge in [0, 0.05) is 5.69 Å². The van der Waals surface area contributed by atoms with Gasteiger partial charge >= 0.3 is 5.97 Å². The first-order valence-corrected chi connectivity index (χ1v) is 10.0. The normalized spacial score (nSPS) is 30.8. The summed E-state index contributed by atoms with van der Waals surface area (Å²) in [6, 6.07) is 8.04. The minimum atomic E-state index is -0.696. The average Bonchev–Trinajstić information content (AvgIpc) is 3.33. The number of rotatable bonds is 7. The maximum Gasteiger partial charge on any atom is 0.312 e. The number of aryl methyl sites for hydroxylation is 1. The summed E-state index contributed by atoms with van der Waals surface area (Å²) in [5, 5.41) is 0. The number of anilines is 1. The van der Waals surface area contributed by atoms with E-state index in [-0.39, 0.29) is 18.0 Å². The summed E-state index contributed by atoms with van der Waals surface area (Å²) in [6.07, 6.45) is 7.47. The second-order valence-corrected chi connectivity index (χ2v) is 7.72. The topological polar surface area (TPSA) is 55.8 Å². The highest BCUT2D eigenvalue weighted by molar-refractivity contribution is 6.02. The molecule has 5 heteroatoms. The molecular weight excluding hydrogens is 342 g/mol. The number of ether oxygens (including phenoxy) is 2. The van der Waals surface area contributed by atoms with E-state index in [1.807, 2.05) is 36.4 Å². The maximum atomic E-state index is 13.2. The lowest BCUT2D eigenvalue weighted by molar-refractivity contribution is -0.152. The summed E-state index contributed by atoms with van der Waals surface area (Å²) in [5.41, 5.74) is 1.39. The highest BCUT2D eigenvalue weighted by atomic mass is 16.6. The summed E-state index contributed by atoms with van der Waals surface area (Å²) < 4.78 is 11.6. The van der Waals surface area contributed by atoms with Crippen LogP contribution < -0.4 is 4.90 Å². The zero-order valence-corrected chi connectivity index (χ0v) is 16.0. The third kappa shape index (κ3) is 2.98. The highest BCUT2D eigenvalue weighted by Gasteiger charge is 2.67. The molecule has 4 atom stereocenters. The Morgan fingerprint density at radius 3 is 2.74 bits per heavy atom. The molecule has 1 spiro atoms. The van der Waals surface area contributed by atoms with Crippen molar-refractivity contribution in [3.8, 4) is 0 Å². The molecule has 0 unspecified atom stereocenters. The van der Waals surface area contributed by atoms with Crippen LogP contribution in [0.4, 0.5) is 5.69 Å². The Morgan fingerprint density at radius 1 is 1.26 bits per heavy atom. The Balaban J connectivity index is 1.52. The number of amides is 1. The van der Waals surface area contributed by atoms with Gasteiger partial charge in [-0.3, -0.25) is 9.59 Å². The van der Waals surface area contributed by atoms with Crippen LogP contribution in [0.1, 0.15) is 38.7 Å². The number of carbonyl (C=O) groups excluding carboxylic acids is 2. The molecule has 2 saturated heterocycles. The first kappa shape index (κ1) is 18.2. The van der Waals surface area contributed by atoms with E-state index in [0.29, 0.717) is 13.2 Å². The molecule has 4 rings (SSSR count). The van der Waals surface area contributed by atoms with Crippen LogP contribution >= 0.6 is 0 Å². The predicted molar refractivity (Wildman–Crippen MR) is 102 cm³/mol. The van der Waals surface area contributed by atoms with Crippen LogP contribution in [-0.2, 0) is 25.5 Å². The number of fused-ring (bicyclic) bond motifs is 1. The highest BCUT2D eigenvalue weighted by Crippen LogP contribution is 2.52. The summed E-state index contributed by atoms with van der Waals surface area (Å²) in [6.45, 7) is 5.08. The molecule has 2 bridgehead atoms. The van der Waals surface area contributed by atoms with Crippen molar-refractivity contribution < 1.29 is 19.1 Å². The van der Waals surface area contributed by atoms with Gasteiger partial charge in [0.2, 0.25) is 5.91 Å². The number of nitrogens with zero attached hydrogens (tertiary/aromatic N) is 1. The van der Waals surface area contributed by atoms with Crippen molar-refractivity contribution >= 4 is 17.6 Å². The number of benzene rings is 1. The number of hydrogen-bond acceptors (Lipinski definition) is 4. The molecule has 27 heavy (non-hydrogen) atoms. The van der Waals surface area contributed by atoms with Crippen molar-refractivity contribution in [2.45, 2.75) is 51.2 Å². The van der Waals surface area contributed by atoms with Gasteiger partial charge in [0.25, 0.3) is 0 Å². The van der Waals surface area contributed by atoms with Crippen LogP contribution in [-0.4, -0.2) is 36.7 Å². The zero-order valence-electron chi connectivity index (χ0n) is 16.0. The van der Waals surface area contributed by atoms with Crippen LogP contribution in [0.25, 0.3) is 0 Å². The lowest BCUT2D eigenvalue weighted by atomic mass is 9.77. The first-order chi connectivity index (χ1) is 13.1. The first-order valence-electron chi connectivity index (χ1n) is 10.0. The monoisotopic (exact) mass is 369 g/mol. The smallest absolute Gasteiger partial charge is 0.312 e. The van der Waals surface area contributed by atoms with Gasteiger partial charge in [-0.2, -0.15) is 0 Å². The van der Waals surface area contributed by atoms with Crippen molar-refractivity contribution in [3.63, 3.8) is 0 Å². The molecule has 0 aromatic heterocycles. The zero-order chi connectivity index (χ0) is 19.0. The van der Waals surface area contributed by atoms with Gasteiger partial charge in [0.05, 0.1) is 25.2 Å². The van der Waals surface area contributed by atoms with E-state index in [2.05, 4.69) is 13.8 Å². The van der Waals surface area contributed by atoms with E-state index in [4.69, 9.17) is 9.47 Å². The molecule has 1 aromatic carbocycles. The maximum absolute atomic E-state index is 13.2. The van der Waals surface area contributed by atoms with Crippen LogP contribution in [0.2, 0.25) is 0 Å². The van der Waals surface area contributed by atoms with Gasteiger partial charge in [-0.05, 0) is 30.5 Å². The fourth-order valence-corrected chi connectivity index (χ4v) is 4.52. The molecule has 0 N–H and O–H groups in total. The molecular formula is C22H27NO4. The number of carbonyl (C=O) groups is 2. The minimum absolute atomic E-state index is 0.0402. The van der Waals surface area contributed by atoms with Crippen molar-refractivity contribution in [1.29, 1.82) is 0 Å². The second kappa shape index (κ2) is 7.12. The third-order valence-corrected chi connectivity index (χ3v) is 6.02. The van der Waals surface area contributed by atoms with Crippen LogP contribution in [0.5, 0.6) is 0 Å². The molecule has 1 aromatic rings. The molecule has 0 aliphatic carbocycles. The SMILES string of the molecule is CCCCCOC(=O)[C@@H]1[C@H]2C=C[C@@]3(CN(c4ccc(CC)cc4)C(=O)[C@@H]13)O2. The summed E-state index contributed by atoms with van der Waals surface area (Å²) in [4.78, 5) is 27.7. The van der Waals surface area contributed by atoms with E-state index in [9.17, 15) is 9.59 Å². The van der Waals surface area contributed by atoms with E-state index < -0.39 is 17.4 Å². The minimum Gasteiger partial charge on any atom is -0.465 e. The van der Waals surface area contributed by atoms with Gasteiger partial charge in [-0.1, -0.05) is 51.0 Å². The van der Waals surface area contributed by atoms with E-state index in [1.54, 1.807) is 4.90 Å². The fourth-order valence-electron chi connectivity index (χ4n) is 4.52. The molecule has 3 aliphatic rings. The van der Waals surface area contributed by atoms with Crippen molar-refractivity contribution in [1.82, 2.24) is 0 Å². The Hall–Kier alpha value is -2.14. The molecule has 144 valence electrons. The lowest BCUT2D eigenvalue weighted by Crippen LogP contribution is -2.40. The fraction of sp³-hybridized carbons (Fsp3) is 0.545. The van der Waals surface area contributed by atoms with E-state index in [0.717, 1.165) is 31.4 Å². The van der Waals surface area contributed by atoms with Gasteiger partial charge in [-0.15, -0.1) is 0 Å². The van der Waals surface area contributed by atoms with E-state index in [1.165, 1.54) is 5.56 Å². The Labute approximate surface area is 160 Å². The largest absolute Gasteiger partial charge is 0.465 e. The van der Waals surface area contributed by atoms with Gasteiger partial charge < -0.3 is 14.4 Å². The average molecular weight is 369 g/mol. The summed E-state index contributed by atoms with van der Waals surface area (Å²) >= 11 is 0. The van der Waals surface area contributed by atoms with Gasteiger partial charge in [-0.25, -0.2) is 0 Å². The third-order valence-electron chi connectivity index (χ3n) is 6.02. The molecule has 3 heterocycles. The Bertz CT molecular complexity index is 756. The quantitative estimate of drug-likeness (QED) is 0.420. The van der Waals surface area contributed by atoms with E-state index >= 15 is 0 Å². The number of hydrogen-bond donors (Lipinski definition) is 0. The van der Waals surface area contributed by atoms with Crippen LogP contribution in [0.15, 0.2) is 36.4 Å². The molecule has 1 amide bonds. The van der Waals surface area contributed by atoms with Crippen molar-refractivity contribution in [2.75, 3.05) is 18.1 Å². The van der Waals surface area contributed by atoms with Crippen molar-refractivity contribution in [2.24, 2.45) is 11.8 Å². The molecule has 5 nitrogen and oxygen atoms in total. The lowest BCUT2D eigenvalue weighted by Gasteiger charge is -2.22. The van der Waals surface area contributed by atoms with Crippen LogP contribution in [0, 0.1) is 11.8 Å². The number of unbranched alkanes of at least 4 members (excludes halogenated alkanes) is 2. The summed E-state index contributed by atoms with van der Waals surface area (Å²) in [5.74, 6) is -1.37. The molecule has 0 saturated carbocycles. The predicted octanol–water partition coefficient (Wildman–Crippen LogP) is 3.27.